The van der Waals surface area contributed by atoms with Crippen LogP contribution in [0.4, 0.5) is 5.69 Å². The lowest BCUT2D eigenvalue weighted by Crippen LogP contribution is -2.22. The summed E-state index contributed by atoms with van der Waals surface area (Å²) in [5.41, 5.74) is 8.00. The molecule has 0 unspecified atom stereocenters. The van der Waals surface area contributed by atoms with Crippen molar-refractivity contribution in [1.82, 2.24) is 0 Å². The largest absolute Gasteiger partial charge is 0.469 e. The standard InChI is InChI=1S/C17H27N3O2.HI/c1-14-9-8-10-15(13-14)20-17(18)19-12-7-5-3-4-6-11-16(21)22-2;/h8-10,13H,3-7,11-12H2,1-2H3,(H3,18,19,20);1H. The number of esters is 1. The molecular formula is C17H28IN3O2. The second kappa shape index (κ2) is 13.2. The Morgan fingerprint density at radius 2 is 1.91 bits per heavy atom. The molecule has 0 atom stereocenters. The van der Waals surface area contributed by atoms with E-state index in [9.17, 15) is 4.79 Å². The van der Waals surface area contributed by atoms with E-state index in [4.69, 9.17) is 5.73 Å². The molecule has 6 heteroatoms. The van der Waals surface area contributed by atoms with E-state index in [0.29, 0.717) is 12.4 Å². The SMILES string of the molecule is COC(=O)CCCCCCCN=C(N)Nc1cccc(C)c1.I. The van der Waals surface area contributed by atoms with E-state index >= 15 is 0 Å². The fraction of sp³-hybridized carbons (Fsp3) is 0.529. The molecule has 0 saturated carbocycles. The number of carbonyl (C=O) groups is 1. The fourth-order valence-electron chi connectivity index (χ4n) is 2.12. The smallest absolute Gasteiger partial charge is 0.305 e. The van der Waals surface area contributed by atoms with Crippen LogP contribution in [0.3, 0.4) is 0 Å². The molecule has 0 saturated heterocycles. The van der Waals surface area contributed by atoms with Crippen molar-refractivity contribution in [3.63, 3.8) is 0 Å². The molecule has 130 valence electrons. The predicted octanol–water partition coefficient (Wildman–Crippen LogP) is 3.85. The maximum Gasteiger partial charge on any atom is 0.305 e. The summed E-state index contributed by atoms with van der Waals surface area (Å²) < 4.78 is 4.60. The highest BCUT2D eigenvalue weighted by atomic mass is 127. The molecule has 3 N–H and O–H groups in total. The van der Waals surface area contributed by atoms with Crippen LogP contribution >= 0.6 is 24.0 Å². The van der Waals surface area contributed by atoms with E-state index in [2.05, 4.69) is 15.0 Å². The number of carbonyl (C=O) groups excluding carboxylic acids is 1. The molecule has 0 radical (unpaired) electrons. The minimum absolute atomic E-state index is 0. The van der Waals surface area contributed by atoms with Gasteiger partial charge in [-0.1, -0.05) is 31.4 Å². The molecule has 1 aromatic carbocycles. The van der Waals surface area contributed by atoms with Gasteiger partial charge in [0, 0.05) is 18.7 Å². The number of guanidine groups is 1. The Labute approximate surface area is 156 Å². The third kappa shape index (κ3) is 11.0. The van der Waals surface area contributed by atoms with Crippen molar-refractivity contribution in [3.05, 3.63) is 29.8 Å². The van der Waals surface area contributed by atoms with E-state index in [1.807, 2.05) is 31.2 Å². The normalized spacial score (nSPS) is 10.8. The lowest BCUT2D eigenvalue weighted by molar-refractivity contribution is -0.140. The Balaban J connectivity index is 0.00000484. The highest BCUT2D eigenvalue weighted by molar-refractivity contribution is 14.0. The summed E-state index contributed by atoms with van der Waals surface area (Å²) in [6.45, 7) is 2.76. The highest BCUT2D eigenvalue weighted by Crippen LogP contribution is 2.09. The van der Waals surface area contributed by atoms with Gasteiger partial charge in [0.05, 0.1) is 7.11 Å². The van der Waals surface area contributed by atoms with Crippen LogP contribution in [0.2, 0.25) is 0 Å². The second-order valence-corrected chi connectivity index (χ2v) is 5.36. The van der Waals surface area contributed by atoms with Crippen LogP contribution in [0.25, 0.3) is 0 Å². The first-order valence-electron chi connectivity index (χ1n) is 7.82. The molecular weight excluding hydrogens is 405 g/mol. The van der Waals surface area contributed by atoms with Gasteiger partial charge in [0.25, 0.3) is 0 Å². The number of nitrogens with two attached hydrogens (primary N) is 1. The van der Waals surface area contributed by atoms with Gasteiger partial charge in [-0.25, -0.2) is 0 Å². The average molecular weight is 433 g/mol. The van der Waals surface area contributed by atoms with Crippen LogP contribution in [-0.2, 0) is 9.53 Å². The molecule has 0 aliphatic rings. The summed E-state index contributed by atoms with van der Waals surface area (Å²) in [7, 11) is 1.43. The molecule has 0 amide bonds. The van der Waals surface area contributed by atoms with Crippen molar-refractivity contribution in [3.8, 4) is 0 Å². The zero-order valence-corrected chi connectivity index (χ0v) is 16.3. The van der Waals surface area contributed by atoms with Crippen LogP contribution in [-0.4, -0.2) is 25.6 Å². The summed E-state index contributed by atoms with van der Waals surface area (Å²) in [6.07, 6.45) is 5.68. The third-order valence-corrected chi connectivity index (χ3v) is 3.34. The molecule has 23 heavy (non-hydrogen) atoms. The number of anilines is 1. The number of unbranched alkanes of at least 4 members (excludes halogenated alkanes) is 4. The van der Waals surface area contributed by atoms with Gasteiger partial charge in [0.2, 0.25) is 0 Å². The number of methoxy groups -OCH3 is 1. The molecule has 0 aliphatic carbocycles. The van der Waals surface area contributed by atoms with E-state index in [0.717, 1.165) is 44.3 Å². The average Bonchev–Trinajstić information content (AvgIpc) is 2.49. The number of aryl methyl sites for hydroxylation is 1. The first-order valence-corrected chi connectivity index (χ1v) is 7.82. The summed E-state index contributed by atoms with van der Waals surface area (Å²) in [5, 5.41) is 3.09. The quantitative estimate of drug-likeness (QED) is 0.204. The first-order chi connectivity index (χ1) is 10.6. The van der Waals surface area contributed by atoms with Gasteiger partial charge in [-0.15, -0.1) is 24.0 Å². The van der Waals surface area contributed by atoms with Crippen LogP contribution in [0.5, 0.6) is 0 Å². The number of benzene rings is 1. The van der Waals surface area contributed by atoms with Gasteiger partial charge in [-0.2, -0.15) is 0 Å². The number of halogens is 1. The van der Waals surface area contributed by atoms with Gasteiger partial charge >= 0.3 is 5.97 Å². The van der Waals surface area contributed by atoms with Crippen molar-refractivity contribution in [1.29, 1.82) is 0 Å². The van der Waals surface area contributed by atoms with Crippen LogP contribution in [0.15, 0.2) is 29.3 Å². The summed E-state index contributed by atoms with van der Waals surface area (Å²) in [4.78, 5) is 15.2. The Hall–Kier alpha value is -1.31. The van der Waals surface area contributed by atoms with Gasteiger partial charge in [-0.05, 0) is 37.5 Å². The zero-order chi connectivity index (χ0) is 16.2. The number of rotatable bonds is 9. The minimum Gasteiger partial charge on any atom is -0.469 e. The van der Waals surface area contributed by atoms with Crippen LogP contribution in [0.1, 0.15) is 44.1 Å². The van der Waals surface area contributed by atoms with Crippen molar-refractivity contribution in [2.75, 3.05) is 19.0 Å². The lowest BCUT2D eigenvalue weighted by atomic mass is 10.1. The van der Waals surface area contributed by atoms with Gasteiger partial charge in [-0.3, -0.25) is 9.79 Å². The number of nitrogens with one attached hydrogen (secondary N) is 1. The molecule has 0 heterocycles. The van der Waals surface area contributed by atoms with Crippen molar-refractivity contribution in [2.45, 2.75) is 45.4 Å². The predicted molar refractivity (Wildman–Crippen MR) is 106 cm³/mol. The summed E-state index contributed by atoms with van der Waals surface area (Å²) in [6, 6.07) is 8.03. The van der Waals surface area contributed by atoms with Crippen molar-refractivity contribution < 1.29 is 9.53 Å². The Morgan fingerprint density at radius 3 is 2.61 bits per heavy atom. The minimum atomic E-state index is -0.125. The van der Waals surface area contributed by atoms with E-state index in [1.165, 1.54) is 12.7 Å². The maximum atomic E-state index is 10.9. The Bertz CT molecular complexity index is 492. The molecule has 5 nitrogen and oxygen atoms in total. The second-order valence-electron chi connectivity index (χ2n) is 5.36. The van der Waals surface area contributed by atoms with Crippen LogP contribution < -0.4 is 11.1 Å². The highest BCUT2D eigenvalue weighted by Gasteiger charge is 1.99. The van der Waals surface area contributed by atoms with Crippen molar-refractivity contribution in [2.24, 2.45) is 10.7 Å². The van der Waals surface area contributed by atoms with Gasteiger partial charge in [0.1, 0.15) is 0 Å². The van der Waals surface area contributed by atoms with Crippen LogP contribution in [0, 0.1) is 6.92 Å². The molecule has 0 bridgehead atoms. The molecule has 0 fully saturated rings. The maximum absolute atomic E-state index is 10.9. The number of ether oxygens (including phenoxy) is 1. The molecule has 0 aliphatic heterocycles. The fourth-order valence-corrected chi connectivity index (χ4v) is 2.12. The number of aliphatic imine (C=N–C) groups is 1. The number of hydrogen-bond acceptors (Lipinski definition) is 3. The van der Waals surface area contributed by atoms with E-state index in [-0.39, 0.29) is 29.9 Å². The van der Waals surface area contributed by atoms with Gasteiger partial charge in [0.15, 0.2) is 5.96 Å². The van der Waals surface area contributed by atoms with Crippen molar-refractivity contribution >= 4 is 41.6 Å². The third-order valence-electron chi connectivity index (χ3n) is 3.34. The summed E-state index contributed by atoms with van der Waals surface area (Å²) >= 11 is 0. The molecule has 0 aromatic heterocycles. The Morgan fingerprint density at radius 1 is 1.22 bits per heavy atom. The lowest BCUT2D eigenvalue weighted by Gasteiger charge is -2.06. The molecule has 0 spiro atoms. The Kier molecular flexibility index (Phi) is 12.4. The monoisotopic (exact) mass is 433 g/mol. The van der Waals surface area contributed by atoms with Gasteiger partial charge < -0.3 is 15.8 Å². The molecule has 1 aromatic rings. The number of hydrogen-bond donors (Lipinski definition) is 2. The zero-order valence-electron chi connectivity index (χ0n) is 14.0. The summed E-state index contributed by atoms with van der Waals surface area (Å²) in [5.74, 6) is 0.330. The topological polar surface area (TPSA) is 76.7 Å². The molecule has 1 rings (SSSR count). The van der Waals surface area contributed by atoms with E-state index < -0.39 is 0 Å². The number of nitrogens with zero attached hydrogens (tertiary/aromatic N) is 1. The first kappa shape index (κ1) is 21.7. The van der Waals surface area contributed by atoms with E-state index in [1.54, 1.807) is 0 Å².